The van der Waals surface area contributed by atoms with Crippen molar-refractivity contribution in [3.63, 3.8) is 0 Å². The van der Waals surface area contributed by atoms with Crippen molar-refractivity contribution in [2.45, 2.75) is 39.0 Å². The number of amides is 1. The zero-order valence-corrected chi connectivity index (χ0v) is 18.4. The number of rotatable bonds is 6. The van der Waals surface area contributed by atoms with Crippen LogP contribution in [-0.2, 0) is 12.7 Å². The molecule has 0 bridgehead atoms. The standard InChI is InChI=1S/C22H20ClF3N4O3/c1-3-13(2)27-19(31)18-20(32)29(12-14-6-4-5-7-17(14)23)21(33)30(28-18)16-10-8-15(9-11-16)22(24,25)26/h4-11,13H,3,12H2,1-2H3,(H,27,31). The van der Waals surface area contributed by atoms with E-state index < -0.39 is 34.6 Å². The van der Waals surface area contributed by atoms with E-state index in [0.717, 1.165) is 33.5 Å². The third-order valence-corrected chi connectivity index (χ3v) is 5.36. The van der Waals surface area contributed by atoms with Crippen molar-refractivity contribution < 1.29 is 18.0 Å². The summed E-state index contributed by atoms with van der Waals surface area (Å²) in [6.07, 6.45) is -3.99. The molecule has 1 heterocycles. The Kier molecular flexibility index (Phi) is 7.06. The van der Waals surface area contributed by atoms with Gasteiger partial charge in [0.05, 0.1) is 17.8 Å². The molecule has 0 aliphatic rings. The Balaban J connectivity index is 2.19. The summed E-state index contributed by atoms with van der Waals surface area (Å²) in [5.74, 6) is -0.803. The lowest BCUT2D eigenvalue weighted by atomic mass is 10.2. The number of halogens is 4. The number of alkyl halides is 3. The van der Waals surface area contributed by atoms with Gasteiger partial charge in [-0.3, -0.25) is 14.2 Å². The molecule has 1 amide bonds. The van der Waals surface area contributed by atoms with Crippen molar-refractivity contribution >= 4 is 17.5 Å². The van der Waals surface area contributed by atoms with Crippen molar-refractivity contribution in [3.8, 4) is 5.69 Å². The molecule has 11 heteroatoms. The second kappa shape index (κ2) is 9.62. The van der Waals surface area contributed by atoms with Crippen LogP contribution in [0.1, 0.15) is 41.9 Å². The molecule has 3 aromatic rings. The van der Waals surface area contributed by atoms with Gasteiger partial charge in [-0.05, 0) is 49.2 Å². The quantitative estimate of drug-likeness (QED) is 0.583. The van der Waals surface area contributed by atoms with E-state index in [0.29, 0.717) is 17.0 Å². The largest absolute Gasteiger partial charge is 0.416 e. The van der Waals surface area contributed by atoms with Gasteiger partial charge in [0, 0.05) is 11.1 Å². The van der Waals surface area contributed by atoms with Crippen LogP contribution >= 0.6 is 11.6 Å². The zero-order valence-electron chi connectivity index (χ0n) is 17.7. The third kappa shape index (κ3) is 5.33. The Morgan fingerprint density at radius 3 is 2.33 bits per heavy atom. The average molecular weight is 481 g/mol. The molecule has 0 aliphatic heterocycles. The molecule has 1 N–H and O–H groups in total. The first-order chi connectivity index (χ1) is 15.5. The molecule has 1 atom stereocenters. The Bertz CT molecular complexity index is 1280. The number of benzene rings is 2. The number of nitrogens with zero attached hydrogens (tertiary/aromatic N) is 3. The van der Waals surface area contributed by atoms with Gasteiger partial charge in [0.15, 0.2) is 0 Å². The van der Waals surface area contributed by atoms with Crippen molar-refractivity contribution in [2.24, 2.45) is 0 Å². The first-order valence-corrected chi connectivity index (χ1v) is 10.4. The molecule has 1 unspecified atom stereocenters. The maximum absolute atomic E-state index is 13.1. The van der Waals surface area contributed by atoms with Gasteiger partial charge in [0.25, 0.3) is 11.5 Å². The lowest BCUT2D eigenvalue weighted by Crippen LogP contribution is -2.47. The van der Waals surface area contributed by atoms with Crippen molar-refractivity contribution in [1.29, 1.82) is 0 Å². The van der Waals surface area contributed by atoms with Crippen LogP contribution in [0, 0.1) is 0 Å². The summed E-state index contributed by atoms with van der Waals surface area (Å²) in [7, 11) is 0. The monoisotopic (exact) mass is 480 g/mol. The average Bonchev–Trinajstić information content (AvgIpc) is 2.77. The highest BCUT2D eigenvalue weighted by atomic mass is 35.5. The van der Waals surface area contributed by atoms with Crippen molar-refractivity contribution in [2.75, 3.05) is 0 Å². The van der Waals surface area contributed by atoms with Gasteiger partial charge in [-0.1, -0.05) is 36.7 Å². The molecular formula is C22H20ClF3N4O3. The van der Waals surface area contributed by atoms with Crippen LogP contribution in [-0.4, -0.2) is 26.3 Å². The number of hydrogen-bond donors (Lipinski definition) is 1. The molecule has 174 valence electrons. The van der Waals surface area contributed by atoms with Gasteiger partial charge >= 0.3 is 11.9 Å². The molecular weight excluding hydrogens is 461 g/mol. The van der Waals surface area contributed by atoms with E-state index in [1.165, 1.54) is 0 Å². The van der Waals surface area contributed by atoms with Crippen LogP contribution in [0.4, 0.5) is 13.2 Å². The minimum absolute atomic E-state index is 0.0431. The Labute approximate surface area is 191 Å². The SMILES string of the molecule is CCC(C)NC(=O)c1nn(-c2ccc(C(F)(F)F)cc2)c(=O)n(Cc2ccccc2Cl)c1=O. The smallest absolute Gasteiger partial charge is 0.348 e. The Morgan fingerprint density at radius 1 is 1.12 bits per heavy atom. The normalized spacial score (nSPS) is 12.4. The molecule has 0 saturated heterocycles. The van der Waals surface area contributed by atoms with E-state index >= 15 is 0 Å². The molecule has 3 rings (SSSR count). The molecule has 1 aromatic heterocycles. The second-order valence-electron chi connectivity index (χ2n) is 7.35. The molecule has 33 heavy (non-hydrogen) atoms. The van der Waals surface area contributed by atoms with E-state index in [2.05, 4.69) is 10.4 Å². The Hall–Kier alpha value is -3.40. The van der Waals surface area contributed by atoms with Gasteiger partial charge in [0.1, 0.15) is 0 Å². The predicted octanol–water partition coefficient (Wildman–Crippen LogP) is 3.64. The number of carbonyl (C=O) groups excluding carboxylic acids is 1. The summed E-state index contributed by atoms with van der Waals surface area (Å²) in [6, 6.07) is 9.89. The maximum Gasteiger partial charge on any atom is 0.416 e. The minimum Gasteiger partial charge on any atom is -0.348 e. The number of hydrogen-bond acceptors (Lipinski definition) is 4. The molecule has 0 saturated carbocycles. The van der Waals surface area contributed by atoms with E-state index in [1.54, 1.807) is 31.2 Å². The lowest BCUT2D eigenvalue weighted by Gasteiger charge is -2.15. The Morgan fingerprint density at radius 2 is 1.76 bits per heavy atom. The van der Waals surface area contributed by atoms with Crippen LogP contribution in [0.5, 0.6) is 0 Å². The third-order valence-electron chi connectivity index (χ3n) is 4.99. The van der Waals surface area contributed by atoms with Gasteiger partial charge in [-0.15, -0.1) is 0 Å². The van der Waals surface area contributed by atoms with Gasteiger partial charge in [0.2, 0.25) is 5.69 Å². The fourth-order valence-electron chi connectivity index (χ4n) is 2.95. The molecule has 0 radical (unpaired) electrons. The summed E-state index contributed by atoms with van der Waals surface area (Å²) >= 11 is 6.16. The fraction of sp³-hybridized carbons (Fsp3) is 0.273. The van der Waals surface area contributed by atoms with Gasteiger partial charge in [-0.2, -0.15) is 23.0 Å². The van der Waals surface area contributed by atoms with Crippen LogP contribution in [0.15, 0.2) is 58.1 Å². The molecule has 2 aromatic carbocycles. The highest BCUT2D eigenvalue weighted by Crippen LogP contribution is 2.29. The van der Waals surface area contributed by atoms with Crippen LogP contribution in [0.25, 0.3) is 5.69 Å². The number of nitrogens with one attached hydrogen (secondary N) is 1. The summed E-state index contributed by atoms with van der Waals surface area (Å²) < 4.78 is 40.3. The summed E-state index contributed by atoms with van der Waals surface area (Å²) in [5, 5.41) is 6.80. The fourth-order valence-corrected chi connectivity index (χ4v) is 3.14. The van der Waals surface area contributed by atoms with Gasteiger partial charge < -0.3 is 5.32 Å². The number of carbonyl (C=O) groups is 1. The van der Waals surface area contributed by atoms with Crippen LogP contribution < -0.4 is 16.6 Å². The summed E-state index contributed by atoms with van der Waals surface area (Å²) in [4.78, 5) is 38.8. The van der Waals surface area contributed by atoms with Crippen LogP contribution in [0.2, 0.25) is 5.02 Å². The summed E-state index contributed by atoms with van der Waals surface area (Å²) in [6.45, 7) is 3.30. The molecule has 0 aliphatic carbocycles. The summed E-state index contributed by atoms with van der Waals surface area (Å²) in [5.41, 5.74) is -2.96. The highest BCUT2D eigenvalue weighted by molar-refractivity contribution is 6.31. The second-order valence-corrected chi connectivity index (χ2v) is 7.76. The van der Waals surface area contributed by atoms with Gasteiger partial charge in [-0.25, -0.2) is 4.79 Å². The zero-order chi connectivity index (χ0) is 24.3. The molecule has 0 spiro atoms. The topological polar surface area (TPSA) is 86.0 Å². The first-order valence-electron chi connectivity index (χ1n) is 9.99. The predicted molar refractivity (Wildman–Crippen MR) is 117 cm³/mol. The van der Waals surface area contributed by atoms with E-state index in [4.69, 9.17) is 11.6 Å². The van der Waals surface area contributed by atoms with E-state index in [-0.39, 0.29) is 18.3 Å². The highest BCUT2D eigenvalue weighted by Gasteiger charge is 2.30. The van der Waals surface area contributed by atoms with Crippen molar-refractivity contribution in [3.05, 3.63) is 91.2 Å². The maximum atomic E-state index is 13.1. The van der Waals surface area contributed by atoms with Crippen molar-refractivity contribution in [1.82, 2.24) is 19.7 Å². The lowest BCUT2D eigenvalue weighted by molar-refractivity contribution is -0.137. The van der Waals surface area contributed by atoms with Crippen LogP contribution in [0.3, 0.4) is 0 Å². The van der Waals surface area contributed by atoms with E-state index in [9.17, 15) is 27.6 Å². The number of aromatic nitrogens is 3. The van der Waals surface area contributed by atoms with E-state index in [1.807, 2.05) is 6.92 Å². The molecule has 0 fully saturated rings. The molecule has 7 nitrogen and oxygen atoms in total. The first kappa shape index (κ1) is 24.2. The minimum atomic E-state index is -4.57.